The molecule has 0 aromatic carbocycles. The second-order valence-corrected chi connectivity index (χ2v) is 6.79. The standard InChI is InChI=1S/C17H28N4O/c1-17(2,3)22-15-9-8-14(12-19-15)13-20-16(18)21-10-6-4-5-7-11-21/h8-9,12H,4-7,10-11,13H2,1-3H3,(H2,18,20). The minimum Gasteiger partial charge on any atom is -0.472 e. The number of nitrogens with zero attached hydrogens (tertiary/aromatic N) is 3. The van der Waals surface area contributed by atoms with E-state index in [0.717, 1.165) is 18.7 Å². The van der Waals surface area contributed by atoms with Crippen LogP contribution < -0.4 is 10.5 Å². The first-order valence-corrected chi connectivity index (χ1v) is 8.13. The SMILES string of the molecule is CC(C)(C)Oc1ccc(CN=C(N)N2CCCCCC2)cn1. The largest absolute Gasteiger partial charge is 0.472 e. The van der Waals surface area contributed by atoms with Gasteiger partial charge in [0.1, 0.15) is 5.60 Å². The molecule has 0 saturated carbocycles. The van der Waals surface area contributed by atoms with Gasteiger partial charge in [-0.2, -0.15) is 0 Å². The summed E-state index contributed by atoms with van der Waals surface area (Å²) in [5.41, 5.74) is 6.92. The van der Waals surface area contributed by atoms with Crippen molar-refractivity contribution >= 4 is 5.96 Å². The molecule has 5 nitrogen and oxygen atoms in total. The van der Waals surface area contributed by atoms with E-state index in [1.54, 1.807) is 6.20 Å². The van der Waals surface area contributed by atoms with Crippen molar-refractivity contribution in [3.63, 3.8) is 0 Å². The number of pyridine rings is 1. The van der Waals surface area contributed by atoms with Gasteiger partial charge in [-0.3, -0.25) is 0 Å². The summed E-state index contributed by atoms with van der Waals surface area (Å²) in [6, 6.07) is 3.88. The number of rotatable bonds is 3. The normalized spacial score (nSPS) is 17.2. The Hall–Kier alpha value is -1.78. The molecule has 1 aliphatic rings. The molecule has 1 aromatic rings. The lowest BCUT2D eigenvalue weighted by Gasteiger charge is -2.21. The number of nitrogens with two attached hydrogens (primary N) is 1. The van der Waals surface area contributed by atoms with Gasteiger partial charge in [-0.05, 0) is 39.2 Å². The van der Waals surface area contributed by atoms with Crippen molar-refractivity contribution in [1.82, 2.24) is 9.88 Å². The Morgan fingerprint density at radius 1 is 1.23 bits per heavy atom. The van der Waals surface area contributed by atoms with Gasteiger partial charge in [0.15, 0.2) is 5.96 Å². The molecule has 1 aromatic heterocycles. The molecule has 0 unspecified atom stereocenters. The Morgan fingerprint density at radius 3 is 2.45 bits per heavy atom. The van der Waals surface area contributed by atoms with Crippen LogP contribution in [0.1, 0.15) is 52.0 Å². The molecule has 0 amide bonds. The van der Waals surface area contributed by atoms with Gasteiger partial charge in [0.25, 0.3) is 0 Å². The maximum Gasteiger partial charge on any atom is 0.213 e. The fourth-order valence-corrected chi connectivity index (χ4v) is 2.45. The van der Waals surface area contributed by atoms with E-state index in [9.17, 15) is 0 Å². The Bertz CT molecular complexity index is 482. The fourth-order valence-electron chi connectivity index (χ4n) is 2.45. The summed E-state index contributed by atoms with van der Waals surface area (Å²) in [6.45, 7) is 8.63. The van der Waals surface area contributed by atoms with Gasteiger partial charge >= 0.3 is 0 Å². The lowest BCUT2D eigenvalue weighted by Crippen LogP contribution is -2.38. The smallest absolute Gasteiger partial charge is 0.213 e. The number of ether oxygens (including phenoxy) is 1. The van der Waals surface area contributed by atoms with Gasteiger partial charge in [-0.25, -0.2) is 9.98 Å². The number of likely N-dealkylation sites (tertiary alicyclic amines) is 1. The zero-order valence-corrected chi connectivity index (χ0v) is 14.0. The van der Waals surface area contributed by atoms with Crippen molar-refractivity contribution in [2.45, 2.75) is 58.6 Å². The van der Waals surface area contributed by atoms with Gasteiger partial charge < -0.3 is 15.4 Å². The summed E-state index contributed by atoms with van der Waals surface area (Å²) < 4.78 is 5.71. The van der Waals surface area contributed by atoms with Crippen molar-refractivity contribution < 1.29 is 4.74 Å². The summed E-state index contributed by atoms with van der Waals surface area (Å²) in [5, 5.41) is 0. The third-order valence-electron chi connectivity index (χ3n) is 3.56. The van der Waals surface area contributed by atoms with Crippen LogP contribution in [0.4, 0.5) is 0 Å². The van der Waals surface area contributed by atoms with Crippen LogP contribution in [0.3, 0.4) is 0 Å². The first-order valence-electron chi connectivity index (χ1n) is 8.13. The highest BCUT2D eigenvalue weighted by Crippen LogP contribution is 2.15. The molecule has 0 radical (unpaired) electrons. The minimum atomic E-state index is -0.232. The van der Waals surface area contributed by atoms with Gasteiger partial charge in [0.2, 0.25) is 5.88 Å². The predicted molar refractivity (Wildman–Crippen MR) is 90.0 cm³/mol. The van der Waals surface area contributed by atoms with Gasteiger partial charge in [0, 0.05) is 25.4 Å². The van der Waals surface area contributed by atoms with Gasteiger partial charge in [-0.15, -0.1) is 0 Å². The molecule has 2 rings (SSSR count). The second-order valence-electron chi connectivity index (χ2n) is 6.79. The molecule has 1 aliphatic heterocycles. The highest BCUT2D eigenvalue weighted by atomic mass is 16.5. The van der Waals surface area contributed by atoms with E-state index >= 15 is 0 Å². The number of aromatic nitrogens is 1. The number of guanidine groups is 1. The van der Waals surface area contributed by atoms with E-state index in [1.807, 2.05) is 32.9 Å². The molecular weight excluding hydrogens is 276 g/mol. The third-order valence-corrected chi connectivity index (χ3v) is 3.56. The van der Waals surface area contributed by atoms with E-state index in [-0.39, 0.29) is 5.60 Å². The van der Waals surface area contributed by atoms with Crippen LogP contribution in [0, 0.1) is 0 Å². The van der Waals surface area contributed by atoms with Crippen LogP contribution in [-0.2, 0) is 6.54 Å². The lowest BCUT2D eigenvalue weighted by molar-refractivity contribution is 0.124. The molecule has 0 bridgehead atoms. The minimum absolute atomic E-state index is 0.232. The summed E-state index contributed by atoms with van der Waals surface area (Å²) >= 11 is 0. The summed E-state index contributed by atoms with van der Waals surface area (Å²) in [6.07, 6.45) is 6.80. The highest BCUT2D eigenvalue weighted by molar-refractivity contribution is 5.78. The van der Waals surface area contributed by atoms with E-state index in [1.165, 1.54) is 25.7 Å². The van der Waals surface area contributed by atoms with Crippen molar-refractivity contribution in [2.24, 2.45) is 10.7 Å². The Labute approximate surface area is 133 Å². The molecule has 1 fully saturated rings. The van der Waals surface area contributed by atoms with E-state index in [0.29, 0.717) is 18.4 Å². The maximum absolute atomic E-state index is 6.11. The van der Waals surface area contributed by atoms with Crippen LogP contribution in [0.15, 0.2) is 23.3 Å². The fraction of sp³-hybridized carbons (Fsp3) is 0.647. The summed E-state index contributed by atoms with van der Waals surface area (Å²) in [5.74, 6) is 1.29. The molecule has 1 saturated heterocycles. The Kier molecular flexibility index (Phi) is 5.63. The van der Waals surface area contributed by atoms with Crippen LogP contribution in [0.5, 0.6) is 5.88 Å². The van der Waals surface area contributed by atoms with Crippen LogP contribution >= 0.6 is 0 Å². The zero-order chi connectivity index (χ0) is 16.0. The quantitative estimate of drug-likeness (QED) is 0.689. The molecule has 122 valence electrons. The number of hydrogen-bond acceptors (Lipinski definition) is 3. The third kappa shape index (κ3) is 5.54. The van der Waals surface area contributed by atoms with Crippen LogP contribution in [0.25, 0.3) is 0 Å². The predicted octanol–water partition coefficient (Wildman–Crippen LogP) is 2.95. The molecule has 0 atom stereocenters. The van der Waals surface area contributed by atoms with Crippen LogP contribution in [0.2, 0.25) is 0 Å². The first-order chi connectivity index (χ1) is 10.4. The lowest BCUT2D eigenvalue weighted by atomic mass is 10.2. The molecule has 5 heteroatoms. The molecule has 2 N–H and O–H groups in total. The molecule has 0 aliphatic carbocycles. The zero-order valence-electron chi connectivity index (χ0n) is 14.0. The maximum atomic E-state index is 6.11. The highest BCUT2D eigenvalue weighted by Gasteiger charge is 2.13. The molecular formula is C17H28N4O. The summed E-state index contributed by atoms with van der Waals surface area (Å²) in [7, 11) is 0. The van der Waals surface area contributed by atoms with Gasteiger partial charge in [-0.1, -0.05) is 18.9 Å². The van der Waals surface area contributed by atoms with Crippen molar-refractivity contribution in [2.75, 3.05) is 13.1 Å². The Balaban J connectivity index is 1.91. The number of aliphatic imine (C=N–C) groups is 1. The molecule has 0 spiro atoms. The van der Waals surface area contributed by atoms with Crippen molar-refractivity contribution in [3.8, 4) is 5.88 Å². The summed E-state index contributed by atoms with van der Waals surface area (Å²) in [4.78, 5) is 11.0. The van der Waals surface area contributed by atoms with E-state index in [4.69, 9.17) is 10.5 Å². The average Bonchev–Trinajstić information content (AvgIpc) is 2.74. The van der Waals surface area contributed by atoms with Crippen molar-refractivity contribution in [3.05, 3.63) is 23.9 Å². The topological polar surface area (TPSA) is 63.7 Å². The average molecular weight is 304 g/mol. The second kappa shape index (κ2) is 7.47. The van der Waals surface area contributed by atoms with Gasteiger partial charge in [0.05, 0.1) is 6.54 Å². The monoisotopic (exact) mass is 304 g/mol. The van der Waals surface area contributed by atoms with E-state index < -0.39 is 0 Å². The number of hydrogen-bond donors (Lipinski definition) is 1. The molecule has 22 heavy (non-hydrogen) atoms. The van der Waals surface area contributed by atoms with E-state index in [2.05, 4.69) is 14.9 Å². The van der Waals surface area contributed by atoms with Crippen molar-refractivity contribution in [1.29, 1.82) is 0 Å². The Morgan fingerprint density at radius 2 is 1.91 bits per heavy atom. The first kappa shape index (κ1) is 16.6. The van der Waals surface area contributed by atoms with Crippen LogP contribution in [-0.4, -0.2) is 34.5 Å². The molecule has 2 heterocycles.